The van der Waals surface area contributed by atoms with Crippen LogP contribution in [0.3, 0.4) is 0 Å². The van der Waals surface area contributed by atoms with Gasteiger partial charge in [0, 0.05) is 12.6 Å². The van der Waals surface area contributed by atoms with E-state index < -0.39 is 23.0 Å². The number of aromatic nitrogens is 2. The van der Waals surface area contributed by atoms with Crippen molar-refractivity contribution in [3.8, 4) is 5.75 Å². The molecule has 0 radical (unpaired) electrons. The first-order chi connectivity index (χ1) is 14.6. The molecule has 0 saturated heterocycles. The van der Waals surface area contributed by atoms with Crippen LogP contribution in [-0.4, -0.2) is 15.7 Å². The number of hydrogen-bond acceptors (Lipinski definition) is 4. The SMILES string of the molecule is CC(C)Oc1ccc(CNc2cc(=O)n(Cc3ccccc3)c(=O)[nH]2)c(C(F)(F)F)c1. The van der Waals surface area contributed by atoms with Gasteiger partial charge in [0.25, 0.3) is 5.56 Å². The summed E-state index contributed by atoms with van der Waals surface area (Å²) in [6.07, 6.45) is -4.85. The maximum Gasteiger partial charge on any atom is 0.416 e. The normalized spacial score (nSPS) is 11.5. The van der Waals surface area contributed by atoms with Crippen LogP contribution in [0.1, 0.15) is 30.5 Å². The average Bonchev–Trinajstić information content (AvgIpc) is 2.69. The molecule has 0 saturated carbocycles. The van der Waals surface area contributed by atoms with E-state index in [1.54, 1.807) is 38.1 Å². The molecule has 2 aromatic carbocycles. The van der Waals surface area contributed by atoms with E-state index in [2.05, 4.69) is 10.3 Å². The highest BCUT2D eigenvalue weighted by atomic mass is 19.4. The van der Waals surface area contributed by atoms with Crippen molar-refractivity contribution in [1.82, 2.24) is 9.55 Å². The molecule has 0 aliphatic rings. The monoisotopic (exact) mass is 433 g/mol. The lowest BCUT2D eigenvalue weighted by Gasteiger charge is -2.17. The summed E-state index contributed by atoms with van der Waals surface area (Å²) in [7, 11) is 0. The molecule has 0 aliphatic heterocycles. The van der Waals surface area contributed by atoms with E-state index in [-0.39, 0.29) is 36.3 Å². The van der Waals surface area contributed by atoms with Crippen molar-refractivity contribution in [3.05, 3.63) is 92.1 Å². The van der Waals surface area contributed by atoms with Gasteiger partial charge in [-0.25, -0.2) is 4.79 Å². The van der Waals surface area contributed by atoms with E-state index in [0.717, 1.165) is 22.3 Å². The molecule has 0 unspecified atom stereocenters. The van der Waals surface area contributed by atoms with Crippen molar-refractivity contribution in [2.24, 2.45) is 0 Å². The minimum absolute atomic E-state index is 0.0370. The van der Waals surface area contributed by atoms with E-state index in [9.17, 15) is 22.8 Å². The van der Waals surface area contributed by atoms with Crippen LogP contribution in [0.2, 0.25) is 0 Å². The Labute approximate surface area is 176 Å². The quantitative estimate of drug-likeness (QED) is 0.591. The summed E-state index contributed by atoms with van der Waals surface area (Å²) < 4.78 is 46.8. The lowest BCUT2D eigenvalue weighted by atomic mass is 10.1. The summed E-state index contributed by atoms with van der Waals surface area (Å²) in [4.78, 5) is 27.2. The molecule has 3 aromatic rings. The summed E-state index contributed by atoms with van der Waals surface area (Å²) in [5.41, 5.74) is -1.34. The number of alkyl halides is 3. The van der Waals surface area contributed by atoms with Crippen molar-refractivity contribution in [3.63, 3.8) is 0 Å². The molecule has 9 heteroatoms. The first-order valence-electron chi connectivity index (χ1n) is 9.62. The van der Waals surface area contributed by atoms with Crippen LogP contribution in [0, 0.1) is 0 Å². The Bertz CT molecular complexity index is 1120. The van der Waals surface area contributed by atoms with Crippen molar-refractivity contribution in [2.75, 3.05) is 5.32 Å². The molecule has 1 aromatic heterocycles. The van der Waals surface area contributed by atoms with Gasteiger partial charge in [-0.1, -0.05) is 36.4 Å². The van der Waals surface area contributed by atoms with Crippen LogP contribution >= 0.6 is 0 Å². The Morgan fingerprint density at radius 1 is 1.06 bits per heavy atom. The van der Waals surface area contributed by atoms with E-state index in [1.165, 1.54) is 12.1 Å². The van der Waals surface area contributed by atoms with Gasteiger partial charge in [0.1, 0.15) is 11.6 Å². The van der Waals surface area contributed by atoms with E-state index >= 15 is 0 Å². The Morgan fingerprint density at radius 3 is 2.39 bits per heavy atom. The number of nitrogens with zero attached hydrogens (tertiary/aromatic N) is 1. The Hall–Kier alpha value is -3.49. The topological polar surface area (TPSA) is 76.1 Å². The number of anilines is 1. The predicted octanol–water partition coefficient (Wildman–Crippen LogP) is 4.00. The van der Waals surface area contributed by atoms with Crippen molar-refractivity contribution in [1.29, 1.82) is 0 Å². The number of nitrogens with one attached hydrogen (secondary N) is 2. The van der Waals surface area contributed by atoms with Gasteiger partial charge in [-0.05, 0) is 37.1 Å². The smallest absolute Gasteiger partial charge is 0.416 e. The summed E-state index contributed by atoms with van der Waals surface area (Å²) >= 11 is 0. The Balaban J connectivity index is 1.81. The molecule has 6 nitrogen and oxygen atoms in total. The van der Waals surface area contributed by atoms with Crippen molar-refractivity contribution < 1.29 is 17.9 Å². The third kappa shape index (κ3) is 5.78. The fraction of sp³-hybridized carbons (Fsp3) is 0.273. The van der Waals surface area contributed by atoms with Gasteiger partial charge >= 0.3 is 11.9 Å². The fourth-order valence-electron chi connectivity index (χ4n) is 3.04. The second-order valence-corrected chi connectivity index (χ2v) is 7.24. The standard InChI is InChI=1S/C22H22F3N3O3/c1-14(2)31-17-9-8-16(18(10-17)22(23,24)25)12-26-19-11-20(29)28(21(30)27-19)13-15-6-4-3-5-7-15/h3-11,14,26H,12-13H2,1-2H3,(H,27,30). The molecule has 1 heterocycles. The Kier molecular flexibility index (Phi) is 6.53. The largest absolute Gasteiger partial charge is 0.491 e. The van der Waals surface area contributed by atoms with Crippen LogP contribution in [-0.2, 0) is 19.3 Å². The van der Waals surface area contributed by atoms with E-state index in [0.29, 0.717) is 0 Å². The lowest BCUT2D eigenvalue weighted by molar-refractivity contribution is -0.138. The zero-order chi connectivity index (χ0) is 22.6. The predicted molar refractivity (Wildman–Crippen MR) is 111 cm³/mol. The van der Waals surface area contributed by atoms with Gasteiger partial charge in [0.2, 0.25) is 0 Å². The molecule has 164 valence electrons. The molecule has 0 bridgehead atoms. The minimum atomic E-state index is -4.58. The molecule has 0 aliphatic carbocycles. The average molecular weight is 433 g/mol. The molecule has 0 spiro atoms. The zero-order valence-corrected chi connectivity index (χ0v) is 17.0. The van der Waals surface area contributed by atoms with Gasteiger partial charge in [0.15, 0.2) is 0 Å². The fourth-order valence-corrected chi connectivity index (χ4v) is 3.04. The summed E-state index contributed by atoms with van der Waals surface area (Å²) in [5, 5.41) is 2.70. The van der Waals surface area contributed by atoms with Crippen molar-refractivity contribution in [2.45, 2.75) is 39.2 Å². The van der Waals surface area contributed by atoms with Crippen molar-refractivity contribution >= 4 is 5.82 Å². The number of halogens is 3. The third-order valence-electron chi connectivity index (χ3n) is 4.43. The van der Waals surface area contributed by atoms with Gasteiger partial charge in [-0.2, -0.15) is 13.2 Å². The van der Waals surface area contributed by atoms with Crippen LogP contribution in [0.5, 0.6) is 5.75 Å². The highest BCUT2D eigenvalue weighted by Crippen LogP contribution is 2.35. The summed E-state index contributed by atoms with van der Waals surface area (Å²) in [6.45, 7) is 3.29. The van der Waals surface area contributed by atoms with Crippen LogP contribution in [0.4, 0.5) is 19.0 Å². The minimum Gasteiger partial charge on any atom is -0.491 e. The molecule has 0 amide bonds. The van der Waals surface area contributed by atoms with Gasteiger partial charge in [-0.15, -0.1) is 0 Å². The molecule has 31 heavy (non-hydrogen) atoms. The summed E-state index contributed by atoms with van der Waals surface area (Å²) in [6, 6.07) is 13.8. The first-order valence-corrected chi connectivity index (χ1v) is 9.62. The number of H-pyrrole nitrogens is 1. The molecule has 0 atom stereocenters. The number of aromatic amines is 1. The maximum absolute atomic E-state index is 13.5. The molecule has 2 N–H and O–H groups in total. The molecule has 3 rings (SSSR count). The van der Waals surface area contributed by atoms with E-state index in [1.807, 2.05) is 6.07 Å². The highest BCUT2D eigenvalue weighted by molar-refractivity contribution is 5.41. The van der Waals surface area contributed by atoms with Crippen LogP contribution < -0.4 is 21.3 Å². The van der Waals surface area contributed by atoms with Gasteiger partial charge in [-0.3, -0.25) is 14.3 Å². The molecular formula is C22H22F3N3O3. The summed E-state index contributed by atoms with van der Waals surface area (Å²) in [5.74, 6) is 0.151. The number of ether oxygens (including phenoxy) is 1. The second-order valence-electron chi connectivity index (χ2n) is 7.24. The molecule has 0 fully saturated rings. The maximum atomic E-state index is 13.5. The second kappa shape index (κ2) is 9.11. The number of hydrogen-bond donors (Lipinski definition) is 2. The first kappa shape index (κ1) is 22.2. The Morgan fingerprint density at radius 2 is 1.77 bits per heavy atom. The van der Waals surface area contributed by atoms with Gasteiger partial charge < -0.3 is 10.1 Å². The third-order valence-corrected chi connectivity index (χ3v) is 4.43. The van der Waals surface area contributed by atoms with Crippen LogP contribution in [0.15, 0.2) is 64.2 Å². The number of benzene rings is 2. The zero-order valence-electron chi connectivity index (χ0n) is 17.0. The van der Waals surface area contributed by atoms with E-state index in [4.69, 9.17) is 4.74 Å². The molecular weight excluding hydrogens is 411 g/mol. The van der Waals surface area contributed by atoms with Crippen LogP contribution in [0.25, 0.3) is 0 Å². The lowest BCUT2D eigenvalue weighted by Crippen LogP contribution is -2.35. The highest BCUT2D eigenvalue weighted by Gasteiger charge is 2.33. The number of rotatable bonds is 7. The van der Waals surface area contributed by atoms with Gasteiger partial charge in [0.05, 0.1) is 18.2 Å².